The number of rotatable bonds is 8. The molecule has 0 aromatic carbocycles. The van der Waals surface area contributed by atoms with Gasteiger partial charge < -0.3 is 15.4 Å². The Kier molecular flexibility index (Phi) is 8.21. The highest BCUT2D eigenvalue weighted by molar-refractivity contribution is 5.81. The Hall–Kier alpha value is -0.610. The van der Waals surface area contributed by atoms with Crippen molar-refractivity contribution in [2.75, 3.05) is 13.7 Å². The van der Waals surface area contributed by atoms with Crippen LogP contribution in [0.15, 0.2) is 0 Å². The Bertz CT molecular complexity index is 197. The highest BCUT2D eigenvalue weighted by atomic mass is 16.5. The van der Waals surface area contributed by atoms with Crippen LogP contribution in [0.2, 0.25) is 0 Å². The lowest BCUT2D eigenvalue weighted by Crippen LogP contribution is -2.47. The zero-order valence-electron chi connectivity index (χ0n) is 11.2. The van der Waals surface area contributed by atoms with Crippen molar-refractivity contribution in [1.29, 1.82) is 0 Å². The minimum atomic E-state index is -0.170. The predicted octanol–water partition coefficient (Wildman–Crippen LogP) is 1.30. The number of carbonyl (C=O) groups is 1. The van der Waals surface area contributed by atoms with Gasteiger partial charge in [0.05, 0.1) is 12.1 Å². The molecule has 0 spiro atoms. The van der Waals surface area contributed by atoms with Crippen molar-refractivity contribution in [3.05, 3.63) is 0 Å². The second kappa shape index (κ2) is 8.53. The first-order valence-corrected chi connectivity index (χ1v) is 6.07. The Labute approximate surface area is 99.1 Å². The summed E-state index contributed by atoms with van der Waals surface area (Å²) in [7, 11) is 1.67. The molecule has 0 saturated carbocycles. The number of hydrogen-bond acceptors (Lipinski definition) is 3. The summed E-state index contributed by atoms with van der Waals surface area (Å²) < 4.78 is 5.11. The highest BCUT2D eigenvalue weighted by Gasteiger charge is 2.14. The fourth-order valence-electron chi connectivity index (χ4n) is 1.39. The molecule has 4 heteroatoms. The summed E-state index contributed by atoms with van der Waals surface area (Å²) in [6.45, 7) is 8.68. The monoisotopic (exact) mass is 230 g/mol. The van der Waals surface area contributed by atoms with Crippen molar-refractivity contribution in [2.24, 2.45) is 0 Å². The van der Waals surface area contributed by atoms with Gasteiger partial charge in [0.2, 0.25) is 5.91 Å². The van der Waals surface area contributed by atoms with Gasteiger partial charge in [0.15, 0.2) is 0 Å². The quantitative estimate of drug-likeness (QED) is 0.661. The molecule has 0 bridgehead atoms. The summed E-state index contributed by atoms with van der Waals surface area (Å²) in [5, 5.41) is 6.12. The number of carbonyl (C=O) groups excluding carboxylic acids is 1. The van der Waals surface area contributed by atoms with Crippen LogP contribution in [0.3, 0.4) is 0 Å². The Morgan fingerprint density at radius 2 is 1.94 bits per heavy atom. The number of amides is 1. The molecule has 2 N–H and O–H groups in total. The van der Waals surface area contributed by atoms with Gasteiger partial charge in [0.1, 0.15) is 0 Å². The molecule has 0 radical (unpaired) electrons. The molecular weight excluding hydrogens is 204 g/mol. The molecule has 0 aromatic rings. The van der Waals surface area contributed by atoms with Gasteiger partial charge in [-0.1, -0.05) is 13.3 Å². The zero-order chi connectivity index (χ0) is 12.6. The summed E-state index contributed by atoms with van der Waals surface area (Å²) in [5.74, 6) is 0.0595. The minimum absolute atomic E-state index is 0.0595. The zero-order valence-corrected chi connectivity index (χ0v) is 11.2. The molecule has 0 heterocycles. The molecule has 0 aromatic heterocycles. The van der Waals surface area contributed by atoms with E-state index in [1.807, 2.05) is 20.8 Å². The maximum Gasteiger partial charge on any atom is 0.237 e. The number of ether oxygens (including phenoxy) is 1. The summed E-state index contributed by atoms with van der Waals surface area (Å²) in [6, 6.07) is 0.0819. The van der Waals surface area contributed by atoms with Gasteiger partial charge in [0, 0.05) is 19.7 Å². The second-order valence-corrected chi connectivity index (χ2v) is 4.37. The van der Waals surface area contributed by atoms with E-state index in [2.05, 4.69) is 17.6 Å². The van der Waals surface area contributed by atoms with Crippen molar-refractivity contribution >= 4 is 5.91 Å². The molecule has 0 rings (SSSR count). The third-order valence-corrected chi connectivity index (χ3v) is 2.62. The summed E-state index contributed by atoms with van der Waals surface area (Å²) in [4.78, 5) is 11.7. The first-order chi connectivity index (χ1) is 7.51. The standard InChI is InChI=1S/C12H26N2O2/c1-6-7-9(2)14-12(15)11(4)13-8-10(3)16-5/h9-11,13H,6-8H2,1-5H3,(H,14,15). The van der Waals surface area contributed by atoms with Crippen LogP contribution in [0, 0.1) is 0 Å². The van der Waals surface area contributed by atoms with E-state index in [0.717, 1.165) is 12.8 Å². The maximum absolute atomic E-state index is 11.7. The first kappa shape index (κ1) is 15.4. The SMILES string of the molecule is CCCC(C)NC(=O)C(C)NCC(C)OC. The lowest BCUT2D eigenvalue weighted by molar-refractivity contribution is -0.123. The maximum atomic E-state index is 11.7. The van der Waals surface area contributed by atoms with Crippen molar-refractivity contribution in [3.63, 3.8) is 0 Å². The Balaban J connectivity index is 3.81. The molecule has 0 aliphatic heterocycles. The van der Waals surface area contributed by atoms with Crippen LogP contribution < -0.4 is 10.6 Å². The van der Waals surface area contributed by atoms with E-state index in [1.165, 1.54) is 0 Å². The van der Waals surface area contributed by atoms with Gasteiger partial charge in [-0.25, -0.2) is 0 Å². The molecule has 0 aliphatic carbocycles. The number of nitrogens with one attached hydrogen (secondary N) is 2. The van der Waals surface area contributed by atoms with Gasteiger partial charge in [-0.05, 0) is 27.2 Å². The largest absolute Gasteiger partial charge is 0.380 e. The van der Waals surface area contributed by atoms with Crippen LogP contribution in [0.5, 0.6) is 0 Å². The molecular formula is C12H26N2O2. The van der Waals surface area contributed by atoms with Crippen molar-refractivity contribution < 1.29 is 9.53 Å². The first-order valence-electron chi connectivity index (χ1n) is 6.07. The fraction of sp³-hybridized carbons (Fsp3) is 0.917. The smallest absolute Gasteiger partial charge is 0.237 e. The Morgan fingerprint density at radius 3 is 2.44 bits per heavy atom. The van der Waals surface area contributed by atoms with Crippen molar-refractivity contribution in [2.45, 2.75) is 58.7 Å². The average Bonchev–Trinajstić information content (AvgIpc) is 2.25. The molecule has 3 atom stereocenters. The van der Waals surface area contributed by atoms with E-state index >= 15 is 0 Å². The summed E-state index contributed by atoms with van der Waals surface area (Å²) in [6.07, 6.45) is 2.24. The molecule has 0 saturated heterocycles. The molecule has 1 amide bonds. The van der Waals surface area contributed by atoms with E-state index in [1.54, 1.807) is 7.11 Å². The van der Waals surface area contributed by atoms with Crippen molar-refractivity contribution in [1.82, 2.24) is 10.6 Å². The van der Waals surface area contributed by atoms with Gasteiger partial charge in [0.25, 0.3) is 0 Å². The van der Waals surface area contributed by atoms with E-state index < -0.39 is 0 Å². The topological polar surface area (TPSA) is 50.4 Å². The summed E-state index contributed by atoms with van der Waals surface area (Å²) in [5.41, 5.74) is 0. The van der Waals surface area contributed by atoms with E-state index in [0.29, 0.717) is 6.54 Å². The van der Waals surface area contributed by atoms with Gasteiger partial charge >= 0.3 is 0 Å². The average molecular weight is 230 g/mol. The van der Waals surface area contributed by atoms with Crippen molar-refractivity contribution in [3.8, 4) is 0 Å². The van der Waals surface area contributed by atoms with Gasteiger partial charge in [-0.3, -0.25) is 4.79 Å². The van der Waals surface area contributed by atoms with Crippen LogP contribution in [0.25, 0.3) is 0 Å². The molecule has 4 nitrogen and oxygen atoms in total. The van der Waals surface area contributed by atoms with Crippen LogP contribution >= 0.6 is 0 Å². The minimum Gasteiger partial charge on any atom is -0.380 e. The number of methoxy groups -OCH3 is 1. The lowest BCUT2D eigenvalue weighted by atomic mass is 10.2. The third-order valence-electron chi connectivity index (χ3n) is 2.62. The Morgan fingerprint density at radius 1 is 1.31 bits per heavy atom. The van der Waals surface area contributed by atoms with E-state index in [4.69, 9.17) is 4.74 Å². The molecule has 0 fully saturated rings. The molecule has 96 valence electrons. The lowest BCUT2D eigenvalue weighted by Gasteiger charge is -2.19. The number of hydrogen-bond donors (Lipinski definition) is 2. The molecule has 16 heavy (non-hydrogen) atoms. The van der Waals surface area contributed by atoms with Gasteiger partial charge in [-0.2, -0.15) is 0 Å². The molecule has 3 unspecified atom stereocenters. The van der Waals surface area contributed by atoms with Crippen LogP contribution in [0.1, 0.15) is 40.5 Å². The van der Waals surface area contributed by atoms with E-state index in [-0.39, 0.29) is 24.1 Å². The third kappa shape index (κ3) is 6.80. The normalized spacial score (nSPS) is 16.6. The van der Waals surface area contributed by atoms with Crippen LogP contribution in [-0.4, -0.2) is 37.7 Å². The highest BCUT2D eigenvalue weighted by Crippen LogP contribution is 1.96. The van der Waals surface area contributed by atoms with Gasteiger partial charge in [-0.15, -0.1) is 0 Å². The van der Waals surface area contributed by atoms with Crippen LogP contribution in [-0.2, 0) is 9.53 Å². The second-order valence-electron chi connectivity index (χ2n) is 4.37. The predicted molar refractivity (Wildman–Crippen MR) is 66.4 cm³/mol. The fourth-order valence-corrected chi connectivity index (χ4v) is 1.39. The molecule has 0 aliphatic rings. The van der Waals surface area contributed by atoms with Crippen LogP contribution in [0.4, 0.5) is 0 Å². The summed E-state index contributed by atoms with van der Waals surface area (Å²) >= 11 is 0. The van der Waals surface area contributed by atoms with E-state index in [9.17, 15) is 4.79 Å².